The number of methoxy groups -OCH3 is 1. The number of fused-ring (bicyclic) bond motifs is 1. The monoisotopic (exact) mass is 516 g/mol. The van der Waals surface area contributed by atoms with Gasteiger partial charge in [0.05, 0.1) is 23.8 Å². The van der Waals surface area contributed by atoms with E-state index in [1.165, 1.54) is 0 Å². The van der Waals surface area contributed by atoms with Crippen LogP contribution in [0, 0.1) is 0 Å². The Balaban J connectivity index is 1.77. The number of benzene rings is 2. The second-order valence-corrected chi connectivity index (χ2v) is 12.1. The quantitative estimate of drug-likeness (QED) is 0.321. The van der Waals surface area contributed by atoms with Crippen molar-refractivity contribution >= 4 is 16.6 Å². The van der Waals surface area contributed by atoms with Crippen LogP contribution in [0.2, 0.25) is 0 Å². The molecule has 36 heavy (non-hydrogen) atoms. The van der Waals surface area contributed by atoms with Crippen molar-refractivity contribution in [3.8, 4) is 5.75 Å². The summed E-state index contributed by atoms with van der Waals surface area (Å²) in [6, 6.07) is 13.3. The van der Waals surface area contributed by atoms with E-state index in [4.69, 9.17) is 9.47 Å². The number of ether oxygens (including phenoxy) is 2. The number of carbonyl (C=O) groups excluding carboxylic acids is 1. The second kappa shape index (κ2) is 11.5. The molecule has 2 aliphatic rings. The molecule has 3 atom stereocenters. The predicted octanol–water partition coefficient (Wildman–Crippen LogP) is 5.63. The average Bonchev–Trinajstić information content (AvgIpc) is 3.41. The minimum absolute atomic E-state index is 0.0151. The molecule has 4 N–H and O–H groups in total. The molecule has 0 unspecified atom stereocenters. The molecule has 198 valence electrons. The van der Waals surface area contributed by atoms with E-state index in [9.17, 15) is 13.9 Å². The van der Waals surface area contributed by atoms with Gasteiger partial charge in [-0.1, -0.05) is 57.0 Å². The highest BCUT2D eigenvalue weighted by molar-refractivity contribution is 8.24. The minimum atomic E-state index is -3.14. The van der Waals surface area contributed by atoms with Gasteiger partial charge in [-0.05, 0) is 49.9 Å². The van der Waals surface area contributed by atoms with Crippen molar-refractivity contribution in [3.63, 3.8) is 0 Å². The molecule has 0 bridgehead atoms. The van der Waals surface area contributed by atoms with Gasteiger partial charge >= 0.3 is 5.97 Å². The number of hydrogen-bond acceptors (Lipinski definition) is 7. The summed E-state index contributed by atoms with van der Waals surface area (Å²) in [7, 11) is -1.56. The van der Waals surface area contributed by atoms with Crippen molar-refractivity contribution in [1.29, 1.82) is 0 Å². The van der Waals surface area contributed by atoms with E-state index in [2.05, 4.69) is 36.6 Å². The van der Waals surface area contributed by atoms with Crippen LogP contribution in [0.1, 0.15) is 75.1 Å². The highest BCUT2D eigenvalue weighted by Crippen LogP contribution is 2.58. The highest BCUT2D eigenvalue weighted by Gasteiger charge is 2.42. The van der Waals surface area contributed by atoms with Gasteiger partial charge in [0.1, 0.15) is 18.4 Å². The molecule has 0 amide bonds. The number of carbonyl (C=O) groups is 1. The van der Waals surface area contributed by atoms with E-state index in [1.54, 1.807) is 13.2 Å². The van der Waals surface area contributed by atoms with Gasteiger partial charge < -0.3 is 14.8 Å². The Bertz CT molecular complexity index is 1040. The fraction of sp³-hybridized carbons (Fsp3) is 0.536. The van der Waals surface area contributed by atoms with E-state index < -0.39 is 16.1 Å². The van der Waals surface area contributed by atoms with Crippen LogP contribution >= 0.6 is 10.6 Å². The fourth-order valence-electron chi connectivity index (χ4n) is 5.40. The standard InChI is InChI=1S/C28H40N2O5S/c1-4-6-14-28(5-2)19-36(32,33)25-16-21(18-35-27(31)23-13-10-15-29-23)24(34-3)17-22(25)26(30-28)20-11-8-7-9-12-20/h7-9,11-12,16-17,23,26,29-30,32-33H,4-6,10,13-15,18-19H2,1-3H3/t23-,26+,28+/m0/s1. The lowest BCUT2D eigenvalue weighted by atomic mass is 9.88. The van der Waals surface area contributed by atoms with E-state index >= 15 is 0 Å². The first kappa shape index (κ1) is 26.9. The van der Waals surface area contributed by atoms with Crippen LogP contribution in [0.4, 0.5) is 0 Å². The SMILES string of the molecule is CCCC[C@]1(CC)CS(O)(O)c2cc(COC(=O)[C@@H]3CCCN3)c(OC)cc2[C@@H](c2ccccc2)N1. The predicted molar refractivity (Wildman–Crippen MR) is 144 cm³/mol. The van der Waals surface area contributed by atoms with Crippen molar-refractivity contribution in [3.05, 3.63) is 59.2 Å². The van der Waals surface area contributed by atoms with E-state index in [0.717, 1.165) is 56.2 Å². The molecule has 0 aliphatic carbocycles. The lowest BCUT2D eigenvalue weighted by Crippen LogP contribution is -2.49. The zero-order valence-corrected chi connectivity index (χ0v) is 22.4. The Morgan fingerprint density at radius 2 is 1.97 bits per heavy atom. The summed E-state index contributed by atoms with van der Waals surface area (Å²) in [5, 5.41) is 7.01. The number of esters is 1. The third-order valence-corrected chi connectivity index (χ3v) is 9.55. The van der Waals surface area contributed by atoms with Crippen LogP contribution in [0.5, 0.6) is 5.75 Å². The van der Waals surface area contributed by atoms with E-state index in [-0.39, 0.29) is 30.4 Å². The third kappa shape index (κ3) is 5.73. The topological polar surface area (TPSA) is 100 Å². The van der Waals surface area contributed by atoms with Crippen molar-refractivity contribution in [2.75, 3.05) is 19.4 Å². The first-order valence-corrected chi connectivity index (χ1v) is 14.7. The maximum absolute atomic E-state index is 12.5. The molecular weight excluding hydrogens is 476 g/mol. The molecule has 1 saturated heterocycles. The van der Waals surface area contributed by atoms with Crippen LogP contribution < -0.4 is 15.4 Å². The first-order valence-electron chi connectivity index (χ1n) is 13.0. The van der Waals surface area contributed by atoms with Crippen LogP contribution in [-0.4, -0.2) is 46.1 Å². The Morgan fingerprint density at radius 1 is 1.19 bits per heavy atom. The van der Waals surface area contributed by atoms with E-state index in [1.807, 2.05) is 24.3 Å². The van der Waals surface area contributed by atoms with E-state index in [0.29, 0.717) is 16.2 Å². The third-order valence-electron chi connectivity index (χ3n) is 7.54. The maximum Gasteiger partial charge on any atom is 0.323 e. The molecule has 1 fully saturated rings. The molecule has 0 radical (unpaired) electrons. The summed E-state index contributed by atoms with van der Waals surface area (Å²) in [5.41, 5.74) is 2.05. The van der Waals surface area contributed by atoms with Gasteiger partial charge in [-0.2, -0.15) is 10.6 Å². The molecule has 2 aliphatic heterocycles. The van der Waals surface area contributed by atoms with Crippen molar-refractivity contribution in [2.45, 2.75) is 81.5 Å². The van der Waals surface area contributed by atoms with Gasteiger partial charge in [0.25, 0.3) is 0 Å². The largest absolute Gasteiger partial charge is 0.496 e. The van der Waals surface area contributed by atoms with Gasteiger partial charge in [0.2, 0.25) is 0 Å². The zero-order valence-electron chi connectivity index (χ0n) is 21.6. The molecule has 4 rings (SSSR count). The van der Waals surface area contributed by atoms with Crippen LogP contribution in [0.15, 0.2) is 47.4 Å². The molecular formula is C28H40N2O5S. The van der Waals surface area contributed by atoms with Gasteiger partial charge in [0.15, 0.2) is 0 Å². The lowest BCUT2D eigenvalue weighted by Gasteiger charge is -2.42. The van der Waals surface area contributed by atoms with Gasteiger partial charge in [-0.25, -0.2) is 0 Å². The zero-order chi connectivity index (χ0) is 25.8. The van der Waals surface area contributed by atoms with Crippen LogP contribution in [0.25, 0.3) is 0 Å². The maximum atomic E-state index is 12.5. The van der Waals surface area contributed by atoms with Crippen LogP contribution in [-0.2, 0) is 16.1 Å². The number of hydrogen-bond donors (Lipinski definition) is 4. The normalized spacial score (nSPS) is 26.0. The fourth-order valence-corrected chi connectivity index (χ4v) is 7.65. The summed E-state index contributed by atoms with van der Waals surface area (Å²) < 4.78 is 34.6. The van der Waals surface area contributed by atoms with Crippen molar-refractivity contribution in [2.24, 2.45) is 0 Å². The summed E-state index contributed by atoms with van der Waals surface area (Å²) in [4.78, 5) is 13.0. The number of unbranched alkanes of at least 4 members (excludes halogenated alkanes) is 1. The number of nitrogens with one attached hydrogen (secondary N) is 2. The Labute approximate surface area is 216 Å². The van der Waals surface area contributed by atoms with Crippen molar-refractivity contribution < 1.29 is 23.4 Å². The summed E-state index contributed by atoms with van der Waals surface area (Å²) in [5.74, 6) is 0.519. The molecule has 0 saturated carbocycles. The molecule has 7 nitrogen and oxygen atoms in total. The van der Waals surface area contributed by atoms with Crippen LogP contribution in [0.3, 0.4) is 0 Å². The minimum Gasteiger partial charge on any atom is -0.496 e. The Kier molecular flexibility index (Phi) is 8.63. The smallest absolute Gasteiger partial charge is 0.323 e. The Morgan fingerprint density at radius 3 is 2.61 bits per heavy atom. The average molecular weight is 517 g/mol. The first-order chi connectivity index (χ1) is 17.3. The highest BCUT2D eigenvalue weighted by atomic mass is 32.3. The molecule has 2 heterocycles. The van der Waals surface area contributed by atoms with Crippen molar-refractivity contribution in [1.82, 2.24) is 10.6 Å². The lowest BCUT2D eigenvalue weighted by molar-refractivity contribution is -0.147. The number of rotatable bonds is 9. The Hall–Kier alpha value is -2.10. The molecule has 2 aromatic rings. The molecule has 0 spiro atoms. The van der Waals surface area contributed by atoms with Gasteiger partial charge in [0, 0.05) is 16.7 Å². The summed E-state index contributed by atoms with van der Waals surface area (Å²) in [6.45, 7) is 5.09. The summed E-state index contributed by atoms with van der Waals surface area (Å²) in [6.07, 6.45) is 5.37. The van der Waals surface area contributed by atoms with Gasteiger partial charge in [-0.15, -0.1) is 0 Å². The molecule has 2 aromatic carbocycles. The molecule has 0 aromatic heterocycles. The summed E-state index contributed by atoms with van der Waals surface area (Å²) >= 11 is 0. The second-order valence-electron chi connectivity index (χ2n) is 10.00. The molecule has 8 heteroatoms. The van der Waals surface area contributed by atoms with Gasteiger partial charge in [-0.3, -0.25) is 19.2 Å².